The van der Waals surface area contributed by atoms with Crippen molar-refractivity contribution in [2.45, 2.75) is 91.0 Å². The van der Waals surface area contributed by atoms with E-state index in [0.29, 0.717) is 0 Å². The zero-order chi connectivity index (χ0) is 18.5. The van der Waals surface area contributed by atoms with Gasteiger partial charge < -0.3 is 17.0 Å². The van der Waals surface area contributed by atoms with Crippen LogP contribution in [0.25, 0.3) is 0 Å². The second kappa shape index (κ2) is 14.8. The van der Waals surface area contributed by atoms with Crippen LogP contribution in [-0.4, -0.2) is 4.98 Å². The summed E-state index contributed by atoms with van der Waals surface area (Å²) in [5, 5.41) is 0. The van der Waals surface area contributed by atoms with Crippen LogP contribution < -0.4 is 21.5 Å². The Morgan fingerprint density at radius 1 is 0.778 bits per heavy atom. The van der Waals surface area contributed by atoms with E-state index in [2.05, 4.69) is 47.9 Å². The van der Waals surface area contributed by atoms with Gasteiger partial charge in [0, 0.05) is 29.9 Å². The summed E-state index contributed by atoms with van der Waals surface area (Å²) in [7, 11) is 0. The van der Waals surface area contributed by atoms with Crippen LogP contribution in [0, 0.1) is 13.8 Å². The van der Waals surface area contributed by atoms with Crippen molar-refractivity contribution < 1.29 is 21.5 Å². The molecule has 2 heterocycles. The van der Waals surface area contributed by atoms with Crippen LogP contribution in [0.3, 0.4) is 0 Å². The molecule has 0 amide bonds. The zero-order valence-electron chi connectivity index (χ0n) is 17.3. The summed E-state index contributed by atoms with van der Waals surface area (Å²) in [6.07, 6.45) is 23.4. The molecule has 0 saturated heterocycles. The highest BCUT2D eigenvalue weighted by Gasteiger charge is 2.02. The third-order valence-electron chi connectivity index (χ3n) is 5.05. The summed E-state index contributed by atoms with van der Waals surface area (Å²) in [5.74, 6) is 0. The van der Waals surface area contributed by atoms with Gasteiger partial charge in [-0.3, -0.25) is 4.98 Å². The maximum absolute atomic E-state index is 4.18. The molecule has 0 atom stereocenters. The lowest BCUT2D eigenvalue weighted by Crippen LogP contribution is -3.00. The van der Waals surface area contributed by atoms with E-state index in [4.69, 9.17) is 0 Å². The number of aromatic nitrogens is 2. The number of halogens is 1. The highest BCUT2D eigenvalue weighted by molar-refractivity contribution is 5.11. The number of nitrogens with zero attached hydrogens (tertiary/aromatic N) is 2. The molecule has 0 saturated carbocycles. The minimum atomic E-state index is 0. The maximum atomic E-state index is 4.18. The van der Waals surface area contributed by atoms with Crippen LogP contribution in [0.4, 0.5) is 0 Å². The number of rotatable bonds is 13. The first-order valence-corrected chi connectivity index (χ1v) is 10.6. The third-order valence-corrected chi connectivity index (χ3v) is 5.05. The predicted molar refractivity (Wildman–Crippen MR) is 110 cm³/mol. The first-order chi connectivity index (χ1) is 12.7. The smallest absolute Gasteiger partial charge is 0.171 e. The Morgan fingerprint density at radius 2 is 1.33 bits per heavy atom. The highest BCUT2D eigenvalue weighted by Crippen LogP contribution is 2.12. The Hall–Kier alpha value is -1.22. The molecule has 2 nitrogen and oxygen atoms in total. The van der Waals surface area contributed by atoms with Crippen LogP contribution in [0.5, 0.6) is 0 Å². The molecule has 0 aliphatic carbocycles. The molecule has 0 spiro atoms. The van der Waals surface area contributed by atoms with Gasteiger partial charge >= 0.3 is 0 Å². The van der Waals surface area contributed by atoms with Gasteiger partial charge in [-0.25, -0.2) is 4.57 Å². The zero-order valence-corrected chi connectivity index (χ0v) is 18.9. The largest absolute Gasteiger partial charge is 1.00 e. The predicted octanol–water partition coefficient (Wildman–Crippen LogP) is 3.13. The van der Waals surface area contributed by atoms with Crippen LogP contribution >= 0.6 is 0 Å². The highest BCUT2D eigenvalue weighted by atomic mass is 79.9. The van der Waals surface area contributed by atoms with Gasteiger partial charge in [0.05, 0.1) is 0 Å². The molecule has 0 aromatic carbocycles. The molecular weight excluding hydrogens is 396 g/mol. The fourth-order valence-electron chi connectivity index (χ4n) is 3.71. The van der Waals surface area contributed by atoms with Crippen molar-refractivity contribution in [3.63, 3.8) is 0 Å². The minimum absolute atomic E-state index is 0. The normalized spacial score (nSPS) is 10.6. The van der Waals surface area contributed by atoms with Gasteiger partial charge in [-0.1, -0.05) is 51.0 Å². The van der Waals surface area contributed by atoms with E-state index in [9.17, 15) is 0 Å². The van der Waals surface area contributed by atoms with Gasteiger partial charge in [0.25, 0.3) is 0 Å². The van der Waals surface area contributed by atoms with Gasteiger partial charge in [0.15, 0.2) is 12.4 Å². The molecule has 0 aliphatic heterocycles. The Balaban J connectivity index is 0.00000364. The van der Waals surface area contributed by atoms with Crippen molar-refractivity contribution >= 4 is 0 Å². The quantitative estimate of drug-likeness (QED) is 0.350. The van der Waals surface area contributed by atoms with Crippen molar-refractivity contribution in [1.29, 1.82) is 0 Å². The maximum Gasteiger partial charge on any atom is 0.171 e. The standard InChI is InChI=1S/C24H37N2.BrH/c1-22-18-23(2)21-26(20-22)17-12-10-8-6-4-3-5-7-9-11-14-24-15-13-16-25-19-24;/h13,15-16,18-21H,3-12,14,17H2,1-2H3;1H/q+1;/p-1. The lowest BCUT2D eigenvalue weighted by molar-refractivity contribution is -0.698. The number of pyridine rings is 2. The lowest BCUT2D eigenvalue weighted by Gasteiger charge is -2.03. The van der Waals surface area contributed by atoms with Crippen molar-refractivity contribution in [1.82, 2.24) is 4.98 Å². The molecule has 2 rings (SSSR count). The van der Waals surface area contributed by atoms with E-state index < -0.39 is 0 Å². The van der Waals surface area contributed by atoms with Crippen LogP contribution in [0.2, 0.25) is 0 Å². The van der Waals surface area contributed by atoms with Crippen molar-refractivity contribution in [2.75, 3.05) is 0 Å². The average Bonchev–Trinajstić information content (AvgIpc) is 2.63. The van der Waals surface area contributed by atoms with E-state index in [1.807, 2.05) is 18.5 Å². The number of aryl methyl sites for hydroxylation is 4. The summed E-state index contributed by atoms with van der Waals surface area (Å²) in [4.78, 5) is 4.18. The van der Waals surface area contributed by atoms with Gasteiger partial charge in [-0.2, -0.15) is 0 Å². The second-order valence-corrected chi connectivity index (χ2v) is 7.78. The summed E-state index contributed by atoms with van der Waals surface area (Å²) in [6, 6.07) is 6.47. The molecule has 0 radical (unpaired) electrons. The molecule has 150 valence electrons. The fraction of sp³-hybridized carbons (Fsp3) is 0.583. The minimum Gasteiger partial charge on any atom is -1.00 e. The Bertz CT molecular complexity index is 593. The molecule has 0 N–H and O–H groups in total. The number of unbranched alkanes of at least 4 members (excludes halogenated alkanes) is 9. The van der Waals surface area contributed by atoms with E-state index >= 15 is 0 Å². The average molecular weight is 433 g/mol. The SMILES string of the molecule is Cc1cc(C)c[n+](CCCCCCCCCCCCc2cccnc2)c1.[Br-]. The molecule has 2 aromatic heterocycles. The lowest BCUT2D eigenvalue weighted by atomic mass is 10.0. The molecule has 0 bridgehead atoms. The van der Waals surface area contributed by atoms with Crippen LogP contribution in [-0.2, 0) is 13.0 Å². The topological polar surface area (TPSA) is 16.8 Å². The molecule has 27 heavy (non-hydrogen) atoms. The van der Waals surface area contributed by atoms with Crippen LogP contribution in [0.15, 0.2) is 43.0 Å². The van der Waals surface area contributed by atoms with E-state index in [-0.39, 0.29) is 17.0 Å². The number of hydrogen-bond acceptors (Lipinski definition) is 1. The molecule has 0 unspecified atom stereocenters. The van der Waals surface area contributed by atoms with Gasteiger partial charge in [0.2, 0.25) is 0 Å². The summed E-state index contributed by atoms with van der Waals surface area (Å²) < 4.78 is 2.36. The summed E-state index contributed by atoms with van der Waals surface area (Å²) in [6.45, 7) is 5.53. The van der Waals surface area contributed by atoms with E-state index in [0.717, 1.165) is 0 Å². The van der Waals surface area contributed by atoms with Gasteiger partial charge in [-0.15, -0.1) is 0 Å². The van der Waals surface area contributed by atoms with E-state index in [1.54, 1.807) is 0 Å². The van der Waals surface area contributed by atoms with Crippen LogP contribution in [0.1, 0.15) is 80.9 Å². The molecule has 3 heteroatoms. The third kappa shape index (κ3) is 11.3. The van der Waals surface area contributed by atoms with Crippen molar-refractivity contribution in [3.8, 4) is 0 Å². The Kier molecular flexibility index (Phi) is 13.0. The van der Waals surface area contributed by atoms with Gasteiger partial charge in [-0.05, 0) is 50.8 Å². The number of hydrogen-bond donors (Lipinski definition) is 0. The molecule has 2 aromatic rings. The fourth-order valence-corrected chi connectivity index (χ4v) is 3.71. The van der Waals surface area contributed by atoms with Crippen molar-refractivity contribution in [3.05, 3.63) is 59.7 Å². The molecular formula is C24H37BrN2. The van der Waals surface area contributed by atoms with Gasteiger partial charge in [0.1, 0.15) is 6.54 Å². The first-order valence-electron chi connectivity index (χ1n) is 10.6. The summed E-state index contributed by atoms with van der Waals surface area (Å²) >= 11 is 0. The monoisotopic (exact) mass is 432 g/mol. The second-order valence-electron chi connectivity index (χ2n) is 7.78. The first kappa shape index (κ1) is 23.8. The van der Waals surface area contributed by atoms with Crippen molar-refractivity contribution in [2.24, 2.45) is 0 Å². The Morgan fingerprint density at radius 3 is 1.89 bits per heavy atom. The summed E-state index contributed by atoms with van der Waals surface area (Å²) in [5.41, 5.74) is 4.11. The van der Waals surface area contributed by atoms with E-state index in [1.165, 1.54) is 93.9 Å². The molecule has 0 aliphatic rings. The Labute approximate surface area is 177 Å². The molecule has 0 fully saturated rings.